The van der Waals surface area contributed by atoms with Crippen molar-refractivity contribution >= 4 is 62.4 Å². The van der Waals surface area contributed by atoms with Gasteiger partial charge in [-0.3, -0.25) is 10.1 Å². The highest BCUT2D eigenvalue weighted by Crippen LogP contribution is 2.33. The third-order valence-corrected chi connectivity index (χ3v) is 6.74. The SMILES string of the molecule is Cc1sc2nc(SCC(=O)NC(=O)NCCc3cccs3)nc(N)c2c1C. The minimum Gasteiger partial charge on any atom is -0.383 e. The molecule has 3 amide bonds. The lowest BCUT2D eigenvalue weighted by Gasteiger charge is -2.06. The second-order valence-corrected chi connectivity index (χ2v) is 8.95. The Morgan fingerprint density at radius 3 is 2.85 bits per heavy atom. The maximum Gasteiger partial charge on any atom is 0.321 e. The van der Waals surface area contributed by atoms with Gasteiger partial charge in [0.1, 0.15) is 10.6 Å². The molecule has 0 aliphatic carbocycles. The molecule has 7 nitrogen and oxygen atoms in total. The molecule has 142 valence electrons. The van der Waals surface area contributed by atoms with E-state index in [9.17, 15) is 9.59 Å². The van der Waals surface area contributed by atoms with Crippen molar-refractivity contribution in [3.63, 3.8) is 0 Å². The fraction of sp³-hybridized carbons (Fsp3) is 0.294. The Morgan fingerprint density at radius 1 is 1.30 bits per heavy atom. The molecule has 0 saturated heterocycles. The number of hydrogen-bond donors (Lipinski definition) is 3. The Kier molecular flexibility index (Phi) is 6.30. The van der Waals surface area contributed by atoms with Crippen LogP contribution in [0.2, 0.25) is 0 Å². The molecule has 4 N–H and O–H groups in total. The molecule has 27 heavy (non-hydrogen) atoms. The maximum atomic E-state index is 12.0. The Balaban J connectivity index is 1.48. The van der Waals surface area contributed by atoms with E-state index in [-0.39, 0.29) is 5.75 Å². The number of nitrogens with one attached hydrogen (secondary N) is 2. The summed E-state index contributed by atoms with van der Waals surface area (Å²) in [4.78, 5) is 35.6. The van der Waals surface area contributed by atoms with Crippen molar-refractivity contribution in [2.75, 3.05) is 18.0 Å². The summed E-state index contributed by atoms with van der Waals surface area (Å²) < 4.78 is 0. The number of rotatable bonds is 6. The summed E-state index contributed by atoms with van der Waals surface area (Å²) in [5.41, 5.74) is 7.12. The topological polar surface area (TPSA) is 110 Å². The fourth-order valence-electron chi connectivity index (χ4n) is 2.42. The lowest BCUT2D eigenvalue weighted by molar-refractivity contribution is -0.117. The van der Waals surface area contributed by atoms with E-state index in [0.29, 0.717) is 17.5 Å². The molecule has 0 unspecified atom stereocenters. The zero-order valence-electron chi connectivity index (χ0n) is 14.9. The van der Waals surface area contributed by atoms with E-state index in [2.05, 4.69) is 20.6 Å². The van der Waals surface area contributed by atoms with Crippen LogP contribution in [0.4, 0.5) is 10.6 Å². The minimum atomic E-state index is -0.502. The van der Waals surface area contributed by atoms with Gasteiger partial charge in [0.05, 0.1) is 11.1 Å². The van der Waals surface area contributed by atoms with Gasteiger partial charge in [-0.2, -0.15) is 0 Å². The molecule has 0 atom stereocenters. The van der Waals surface area contributed by atoms with E-state index < -0.39 is 11.9 Å². The molecule has 0 spiro atoms. The highest BCUT2D eigenvalue weighted by Gasteiger charge is 2.14. The number of aromatic nitrogens is 2. The van der Waals surface area contributed by atoms with Gasteiger partial charge in [0.2, 0.25) is 5.91 Å². The number of fused-ring (bicyclic) bond motifs is 1. The average molecular weight is 422 g/mol. The van der Waals surface area contributed by atoms with Gasteiger partial charge in [0, 0.05) is 16.3 Å². The first-order valence-electron chi connectivity index (χ1n) is 8.20. The van der Waals surface area contributed by atoms with Crippen LogP contribution in [0.5, 0.6) is 0 Å². The van der Waals surface area contributed by atoms with Gasteiger partial charge in [-0.25, -0.2) is 14.8 Å². The molecule has 0 radical (unpaired) electrons. The van der Waals surface area contributed by atoms with Crippen molar-refractivity contribution in [1.82, 2.24) is 20.6 Å². The molecule has 3 aromatic heterocycles. The number of hydrogen-bond acceptors (Lipinski definition) is 8. The largest absolute Gasteiger partial charge is 0.383 e. The van der Waals surface area contributed by atoms with E-state index in [4.69, 9.17) is 5.73 Å². The van der Waals surface area contributed by atoms with Crippen molar-refractivity contribution in [3.05, 3.63) is 32.8 Å². The Bertz CT molecular complexity index is 969. The molecular formula is C17H19N5O2S3. The average Bonchev–Trinajstić information content (AvgIpc) is 3.22. The summed E-state index contributed by atoms with van der Waals surface area (Å²) in [6.07, 6.45) is 0.737. The molecule has 3 rings (SSSR count). The van der Waals surface area contributed by atoms with Crippen LogP contribution in [0.15, 0.2) is 22.7 Å². The summed E-state index contributed by atoms with van der Waals surface area (Å²) in [5.74, 6) is 0.0395. The van der Waals surface area contributed by atoms with E-state index in [0.717, 1.165) is 38.8 Å². The number of imide groups is 1. The standard InChI is InChI=1S/C17H19N5O2S3/c1-9-10(2)27-15-13(9)14(18)21-17(22-15)26-8-12(23)20-16(24)19-6-5-11-4-3-7-25-11/h3-4,7H,5-6,8H2,1-2H3,(H2,18,21,22)(H2,19,20,23,24). The number of amides is 3. The van der Waals surface area contributed by atoms with Crippen LogP contribution in [0, 0.1) is 13.8 Å². The molecule has 0 fully saturated rings. The van der Waals surface area contributed by atoms with Gasteiger partial charge >= 0.3 is 6.03 Å². The van der Waals surface area contributed by atoms with Gasteiger partial charge in [0.25, 0.3) is 0 Å². The molecular weight excluding hydrogens is 402 g/mol. The lowest BCUT2D eigenvalue weighted by atomic mass is 10.2. The first-order valence-corrected chi connectivity index (χ1v) is 10.9. The third kappa shape index (κ3) is 4.96. The van der Waals surface area contributed by atoms with Crippen LogP contribution in [0.3, 0.4) is 0 Å². The first kappa shape index (κ1) is 19.6. The number of nitrogen functional groups attached to an aromatic ring is 1. The number of anilines is 1. The van der Waals surface area contributed by atoms with Crippen LogP contribution < -0.4 is 16.4 Å². The minimum absolute atomic E-state index is 0.0344. The Morgan fingerprint density at radius 2 is 2.11 bits per heavy atom. The molecule has 3 aromatic rings. The summed E-state index contributed by atoms with van der Waals surface area (Å²) in [7, 11) is 0. The van der Waals surface area contributed by atoms with E-state index >= 15 is 0 Å². The number of carbonyl (C=O) groups excluding carboxylic acids is 2. The summed E-state index contributed by atoms with van der Waals surface area (Å²) in [6, 6.07) is 3.47. The second kappa shape index (κ2) is 8.68. The van der Waals surface area contributed by atoms with Gasteiger partial charge in [-0.1, -0.05) is 17.8 Å². The van der Waals surface area contributed by atoms with Gasteiger partial charge in [0.15, 0.2) is 5.16 Å². The first-order chi connectivity index (χ1) is 12.9. The third-order valence-electron chi connectivity index (χ3n) is 3.86. The highest BCUT2D eigenvalue weighted by atomic mass is 32.2. The van der Waals surface area contributed by atoms with Crippen LogP contribution in [-0.4, -0.2) is 34.2 Å². The maximum absolute atomic E-state index is 12.0. The Hall–Kier alpha value is -2.17. The summed E-state index contributed by atoms with van der Waals surface area (Å²) >= 11 is 4.34. The summed E-state index contributed by atoms with van der Waals surface area (Å²) in [5, 5.41) is 8.26. The zero-order valence-corrected chi connectivity index (χ0v) is 17.3. The van der Waals surface area contributed by atoms with Gasteiger partial charge in [-0.05, 0) is 37.3 Å². The zero-order chi connectivity index (χ0) is 19.4. The molecule has 3 heterocycles. The van der Waals surface area contributed by atoms with Crippen LogP contribution in [-0.2, 0) is 11.2 Å². The molecule has 0 aliphatic rings. The van der Waals surface area contributed by atoms with Crippen molar-refractivity contribution in [3.8, 4) is 0 Å². The molecule has 0 saturated carbocycles. The number of urea groups is 1. The predicted molar refractivity (Wildman–Crippen MR) is 112 cm³/mol. The fourth-order valence-corrected chi connectivity index (χ4v) is 4.87. The quantitative estimate of drug-likeness (QED) is 0.417. The number of nitrogens with zero attached hydrogens (tertiary/aromatic N) is 2. The van der Waals surface area contributed by atoms with E-state index in [1.54, 1.807) is 22.7 Å². The van der Waals surface area contributed by atoms with Gasteiger partial charge < -0.3 is 11.1 Å². The predicted octanol–water partition coefficient (Wildman–Crippen LogP) is 3.11. The van der Waals surface area contributed by atoms with Crippen LogP contribution in [0.1, 0.15) is 15.3 Å². The Labute approximate surface area is 168 Å². The molecule has 0 aliphatic heterocycles. The number of thiophene rings is 2. The van der Waals surface area contributed by atoms with Crippen molar-refractivity contribution in [2.24, 2.45) is 0 Å². The lowest BCUT2D eigenvalue weighted by Crippen LogP contribution is -2.41. The van der Waals surface area contributed by atoms with Crippen LogP contribution in [0.25, 0.3) is 10.2 Å². The monoisotopic (exact) mass is 421 g/mol. The smallest absolute Gasteiger partial charge is 0.321 e. The highest BCUT2D eigenvalue weighted by molar-refractivity contribution is 7.99. The van der Waals surface area contributed by atoms with Crippen LogP contribution >= 0.6 is 34.4 Å². The van der Waals surface area contributed by atoms with E-state index in [1.807, 2.05) is 31.4 Å². The van der Waals surface area contributed by atoms with Gasteiger partial charge in [-0.15, -0.1) is 22.7 Å². The number of carbonyl (C=O) groups is 2. The van der Waals surface area contributed by atoms with Crippen molar-refractivity contribution in [1.29, 1.82) is 0 Å². The van der Waals surface area contributed by atoms with Crippen molar-refractivity contribution < 1.29 is 9.59 Å². The number of thioether (sulfide) groups is 1. The molecule has 10 heteroatoms. The number of nitrogens with two attached hydrogens (primary N) is 1. The second-order valence-electron chi connectivity index (χ2n) is 5.78. The molecule has 0 bridgehead atoms. The number of aryl methyl sites for hydroxylation is 2. The summed E-state index contributed by atoms with van der Waals surface area (Å²) in [6.45, 7) is 4.48. The normalized spacial score (nSPS) is 10.9. The molecule has 0 aromatic carbocycles. The van der Waals surface area contributed by atoms with E-state index in [1.165, 1.54) is 4.88 Å². The van der Waals surface area contributed by atoms with Crippen molar-refractivity contribution in [2.45, 2.75) is 25.4 Å².